The molecule has 0 fully saturated rings. The third-order valence-corrected chi connectivity index (χ3v) is 8.44. The van der Waals surface area contributed by atoms with Gasteiger partial charge in [-0.15, -0.1) is 0 Å². The Kier molecular flexibility index (Phi) is 25.0. The maximum absolute atomic E-state index is 12.7. The summed E-state index contributed by atoms with van der Waals surface area (Å²) in [5.74, 6) is -5.38. The zero-order chi connectivity index (χ0) is 40.9. The molecular formula is C34H50B2GdN7O12. The van der Waals surface area contributed by atoms with E-state index in [4.69, 9.17) is 0 Å². The number of benzene rings is 2. The zero-order valence-electron chi connectivity index (χ0n) is 31.5. The van der Waals surface area contributed by atoms with Gasteiger partial charge in [0.15, 0.2) is 0 Å². The molecule has 1 radical (unpaired) electrons. The molecule has 0 aliphatic rings. The Balaban J connectivity index is 0.0000157. The minimum Gasteiger partial charge on any atom is -0.549 e. The fourth-order valence-electron chi connectivity index (χ4n) is 5.70. The molecule has 56 heavy (non-hydrogen) atoms. The van der Waals surface area contributed by atoms with Crippen LogP contribution in [0.1, 0.15) is 11.1 Å². The molecule has 22 heteroatoms. The number of carboxylic acid groups (broad SMARTS) is 3. The first-order chi connectivity index (χ1) is 26.0. The van der Waals surface area contributed by atoms with E-state index in [0.29, 0.717) is 48.2 Å². The minimum absolute atomic E-state index is 0. The Morgan fingerprint density at radius 3 is 1.20 bits per heavy atom. The van der Waals surface area contributed by atoms with Crippen LogP contribution in [0.4, 0.5) is 0 Å². The monoisotopic (exact) mass is 928 g/mol. The van der Waals surface area contributed by atoms with E-state index < -0.39 is 63.6 Å². The minimum atomic E-state index is -1.63. The maximum Gasteiger partial charge on any atom is 3.00 e. The largest absolute Gasteiger partial charge is 3.00 e. The van der Waals surface area contributed by atoms with Gasteiger partial charge in [-0.2, -0.15) is 0 Å². The Bertz CT molecular complexity index is 1440. The van der Waals surface area contributed by atoms with Crippen LogP contribution >= 0.6 is 0 Å². The topological polar surface area (TPSA) is 276 Å². The summed E-state index contributed by atoms with van der Waals surface area (Å²) in [6.45, 7) is -0.936. The van der Waals surface area contributed by atoms with Gasteiger partial charge in [-0.05, 0) is 36.1 Å². The Hall–Kier alpha value is -3.12. The first kappa shape index (κ1) is 50.9. The second kappa shape index (κ2) is 27.5. The fourth-order valence-corrected chi connectivity index (χ4v) is 5.70. The van der Waals surface area contributed by atoms with Crippen LogP contribution in [0.2, 0.25) is 0 Å². The van der Waals surface area contributed by atoms with Crippen molar-refractivity contribution in [1.29, 1.82) is 0 Å². The van der Waals surface area contributed by atoms with E-state index in [1.54, 1.807) is 62.6 Å². The number of carbonyl (C=O) groups is 5. The summed E-state index contributed by atoms with van der Waals surface area (Å²) in [6.07, 6.45) is 0. The summed E-state index contributed by atoms with van der Waals surface area (Å²) in [5.41, 5.74) is 2.11. The number of amides is 2. The van der Waals surface area contributed by atoms with Crippen LogP contribution in [0.25, 0.3) is 0 Å². The zero-order valence-corrected chi connectivity index (χ0v) is 33.8. The van der Waals surface area contributed by atoms with Gasteiger partial charge in [-0.1, -0.05) is 48.5 Å². The van der Waals surface area contributed by atoms with Crippen LogP contribution in [0.3, 0.4) is 0 Å². The van der Waals surface area contributed by atoms with Gasteiger partial charge in [0.05, 0.1) is 31.0 Å². The molecule has 2 amide bonds. The summed E-state index contributed by atoms with van der Waals surface area (Å²) in [4.78, 5) is 67.4. The number of aliphatic carboxylic acids is 3. The van der Waals surface area contributed by atoms with Crippen LogP contribution < -0.4 is 36.9 Å². The van der Waals surface area contributed by atoms with Crippen molar-refractivity contribution in [2.24, 2.45) is 0 Å². The van der Waals surface area contributed by atoms with Gasteiger partial charge in [0.2, 0.25) is 11.8 Å². The number of likely N-dealkylation sites (N-methyl/N-ethyl adjacent to an activating group) is 2. The number of carbonyl (C=O) groups excluding carboxylic acids is 5. The number of nitrogens with one attached hydrogen (secondary N) is 2. The normalized spacial score (nSPS) is 11.2. The van der Waals surface area contributed by atoms with E-state index >= 15 is 0 Å². The molecule has 19 nitrogen and oxygen atoms in total. The van der Waals surface area contributed by atoms with E-state index in [-0.39, 0.29) is 92.3 Å². The van der Waals surface area contributed by atoms with Gasteiger partial charge in [-0.3, -0.25) is 24.3 Å². The molecule has 2 rings (SSSR count). The molecule has 0 heterocycles. The van der Waals surface area contributed by atoms with E-state index in [9.17, 15) is 59.4 Å². The average molecular weight is 928 g/mol. The second-order valence-electron chi connectivity index (χ2n) is 13.1. The molecule has 0 saturated heterocycles. The van der Waals surface area contributed by atoms with Crippen molar-refractivity contribution in [3.63, 3.8) is 0 Å². The summed E-state index contributed by atoms with van der Waals surface area (Å²) >= 11 is 0. The van der Waals surface area contributed by atoms with Crippen LogP contribution in [-0.4, -0.2) is 188 Å². The van der Waals surface area contributed by atoms with Gasteiger partial charge < -0.3 is 70.2 Å². The van der Waals surface area contributed by atoms with E-state index in [1.807, 2.05) is 9.80 Å². The summed E-state index contributed by atoms with van der Waals surface area (Å²) in [7, 11) is 0.282. The first-order valence-electron chi connectivity index (χ1n) is 17.6. The SMILES string of the molecule is CN(CCNC(=O)CN(CCN(CCN(CC(=O)[O-])CC(=O)NCCN(C)Cc1ccccc1B(O)O)CC(=O)[O-])CC(=O)[O-])Cc1ccccc1B(O)O.[Gd+3]. The molecule has 0 aliphatic heterocycles. The fraction of sp³-hybridized carbons (Fsp3) is 0.500. The first-order valence-corrected chi connectivity index (χ1v) is 17.6. The van der Waals surface area contributed by atoms with Crippen molar-refractivity contribution in [1.82, 2.24) is 35.1 Å². The molecule has 2 aromatic rings. The number of rotatable bonds is 28. The molecule has 0 atom stereocenters. The van der Waals surface area contributed by atoms with Crippen molar-refractivity contribution in [2.45, 2.75) is 13.1 Å². The van der Waals surface area contributed by atoms with E-state index in [0.717, 1.165) is 0 Å². The number of nitrogens with zero attached hydrogens (tertiary/aromatic N) is 5. The number of hydrogen-bond acceptors (Lipinski definition) is 17. The number of hydrogen-bond donors (Lipinski definition) is 6. The van der Waals surface area contributed by atoms with Crippen LogP contribution in [0, 0.1) is 39.9 Å². The van der Waals surface area contributed by atoms with Gasteiger partial charge >= 0.3 is 54.2 Å². The average Bonchev–Trinajstić information content (AvgIpc) is 3.08. The van der Waals surface area contributed by atoms with E-state index in [1.165, 1.54) is 14.7 Å². The Morgan fingerprint density at radius 1 is 0.536 bits per heavy atom. The van der Waals surface area contributed by atoms with Crippen molar-refractivity contribution < 1.29 is 99.3 Å². The molecule has 2 aromatic carbocycles. The molecule has 307 valence electrons. The van der Waals surface area contributed by atoms with Crippen molar-refractivity contribution in [2.75, 3.05) is 99.2 Å². The maximum atomic E-state index is 12.7. The van der Waals surface area contributed by atoms with Gasteiger partial charge in [-0.25, -0.2) is 0 Å². The van der Waals surface area contributed by atoms with Crippen LogP contribution in [0.15, 0.2) is 48.5 Å². The quantitative estimate of drug-likeness (QED) is 0.0433. The predicted molar refractivity (Wildman–Crippen MR) is 196 cm³/mol. The molecule has 0 unspecified atom stereocenters. The molecular weight excluding hydrogens is 877 g/mol. The van der Waals surface area contributed by atoms with Crippen molar-refractivity contribution in [3.05, 3.63) is 59.7 Å². The number of carboxylic acids is 3. The molecule has 0 bridgehead atoms. The predicted octanol–water partition coefficient (Wildman–Crippen LogP) is -9.00. The molecule has 0 saturated carbocycles. The standard InChI is InChI=1S/C34H53B2N7O12.Gd/c1-39(19-26-7-3-5-9-28(26)35(52)53)13-11-37-30(44)21-42(24-33(48)49)17-15-41(23-32(46)47)16-18-43(25-34(50)51)22-31(45)38-12-14-40(2)20-27-8-4-6-10-29(27)36(54)55;/h3-10,52-55H,11-25H2,1-2H3,(H,37,44)(H,38,45)(H,46,47)(H,48,49)(H,50,51);/q;+3/p-3. The van der Waals surface area contributed by atoms with Gasteiger partial charge in [0, 0.05) is 85.1 Å². The molecule has 0 aromatic heterocycles. The Labute approximate surface area is 359 Å². The van der Waals surface area contributed by atoms with E-state index in [2.05, 4.69) is 10.6 Å². The summed E-state index contributed by atoms with van der Waals surface area (Å²) in [6, 6.07) is 13.6. The van der Waals surface area contributed by atoms with Crippen molar-refractivity contribution >= 4 is 54.9 Å². The Morgan fingerprint density at radius 2 is 0.857 bits per heavy atom. The van der Waals surface area contributed by atoms with Gasteiger partial charge in [0.25, 0.3) is 0 Å². The van der Waals surface area contributed by atoms with Crippen LogP contribution in [-0.2, 0) is 37.1 Å². The second-order valence-corrected chi connectivity index (χ2v) is 13.1. The van der Waals surface area contributed by atoms with Crippen molar-refractivity contribution in [3.8, 4) is 0 Å². The van der Waals surface area contributed by atoms with Crippen LogP contribution in [0.5, 0.6) is 0 Å². The summed E-state index contributed by atoms with van der Waals surface area (Å²) in [5, 5.41) is 78.1. The third kappa shape index (κ3) is 21.4. The molecule has 6 N–H and O–H groups in total. The smallest absolute Gasteiger partial charge is 0.549 e. The van der Waals surface area contributed by atoms with Gasteiger partial charge in [0.1, 0.15) is 0 Å². The summed E-state index contributed by atoms with van der Waals surface area (Å²) < 4.78 is 0. The molecule has 0 aliphatic carbocycles. The third-order valence-electron chi connectivity index (χ3n) is 8.44. The molecule has 0 spiro atoms.